The van der Waals surface area contributed by atoms with E-state index < -0.39 is 0 Å². The molecule has 0 fully saturated rings. The van der Waals surface area contributed by atoms with Crippen LogP contribution in [0.1, 0.15) is 11.3 Å². The van der Waals surface area contributed by atoms with Crippen molar-refractivity contribution >= 4 is 17.6 Å². The summed E-state index contributed by atoms with van der Waals surface area (Å²) in [5.41, 5.74) is 7.85. The molecular weight excluding hydrogens is 232 g/mol. The van der Waals surface area contributed by atoms with Crippen LogP contribution in [0.15, 0.2) is 35.7 Å². The number of nitrogens with two attached hydrogens (primary N) is 1. The molecular formula is C12H14N4S. The quantitative estimate of drug-likeness (QED) is 0.661. The van der Waals surface area contributed by atoms with Gasteiger partial charge in [0, 0.05) is 29.9 Å². The third kappa shape index (κ3) is 3.71. The minimum atomic E-state index is 0.531. The predicted molar refractivity (Wildman–Crippen MR) is 69.8 cm³/mol. The number of hydrogen-bond donors (Lipinski definition) is 1. The van der Waals surface area contributed by atoms with Crippen LogP contribution in [0.5, 0.6) is 0 Å². The molecule has 5 heteroatoms. The van der Waals surface area contributed by atoms with E-state index >= 15 is 0 Å². The maximum atomic E-state index is 5.67. The van der Waals surface area contributed by atoms with Crippen LogP contribution in [-0.4, -0.2) is 20.7 Å². The average Bonchev–Trinajstić information content (AvgIpc) is 2.29. The largest absolute Gasteiger partial charge is 0.384 e. The maximum absolute atomic E-state index is 5.67. The molecule has 0 aliphatic rings. The van der Waals surface area contributed by atoms with Gasteiger partial charge in [-0.1, -0.05) is 11.8 Å². The SMILES string of the molecule is Cc1cc(N)nc(SCCc2ccncc2)n1. The molecule has 0 unspecified atom stereocenters. The molecule has 0 saturated carbocycles. The minimum absolute atomic E-state index is 0.531. The highest BCUT2D eigenvalue weighted by Gasteiger charge is 2.01. The van der Waals surface area contributed by atoms with E-state index in [0.717, 1.165) is 23.0 Å². The van der Waals surface area contributed by atoms with E-state index in [1.807, 2.05) is 19.1 Å². The fourth-order valence-electron chi connectivity index (χ4n) is 1.44. The summed E-state index contributed by atoms with van der Waals surface area (Å²) in [5, 5.41) is 0.747. The Balaban J connectivity index is 1.90. The highest BCUT2D eigenvalue weighted by Crippen LogP contribution is 2.16. The summed E-state index contributed by atoms with van der Waals surface area (Å²) in [6.07, 6.45) is 4.59. The normalized spacial score (nSPS) is 10.4. The van der Waals surface area contributed by atoms with Gasteiger partial charge in [-0.15, -0.1) is 0 Å². The lowest BCUT2D eigenvalue weighted by Gasteiger charge is -2.02. The summed E-state index contributed by atoms with van der Waals surface area (Å²) in [5.74, 6) is 1.47. The van der Waals surface area contributed by atoms with Crippen LogP contribution < -0.4 is 5.73 Å². The van der Waals surface area contributed by atoms with E-state index in [2.05, 4.69) is 15.0 Å². The molecule has 0 aromatic carbocycles. The molecule has 2 N–H and O–H groups in total. The molecule has 2 rings (SSSR count). The molecule has 0 spiro atoms. The average molecular weight is 246 g/mol. The first-order valence-electron chi connectivity index (χ1n) is 5.37. The number of pyridine rings is 1. The van der Waals surface area contributed by atoms with E-state index in [1.165, 1.54) is 5.56 Å². The molecule has 0 atom stereocenters. The van der Waals surface area contributed by atoms with Crippen molar-refractivity contribution in [1.82, 2.24) is 15.0 Å². The molecule has 17 heavy (non-hydrogen) atoms. The zero-order valence-electron chi connectivity index (χ0n) is 9.63. The van der Waals surface area contributed by atoms with Gasteiger partial charge in [0.05, 0.1) is 0 Å². The van der Waals surface area contributed by atoms with Gasteiger partial charge in [0.25, 0.3) is 0 Å². The standard InChI is InChI=1S/C12H14N4S/c1-9-8-11(13)16-12(15-9)17-7-4-10-2-5-14-6-3-10/h2-3,5-6,8H,4,7H2,1H3,(H2,13,15,16). The number of rotatable bonds is 4. The number of aromatic nitrogens is 3. The van der Waals surface area contributed by atoms with Crippen LogP contribution in [0.3, 0.4) is 0 Å². The molecule has 0 aliphatic carbocycles. The number of aryl methyl sites for hydroxylation is 2. The van der Waals surface area contributed by atoms with Gasteiger partial charge < -0.3 is 5.73 Å². The van der Waals surface area contributed by atoms with E-state index in [1.54, 1.807) is 30.2 Å². The van der Waals surface area contributed by atoms with Gasteiger partial charge in [0.1, 0.15) is 5.82 Å². The van der Waals surface area contributed by atoms with Crippen molar-refractivity contribution in [2.24, 2.45) is 0 Å². The first kappa shape index (κ1) is 11.9. The summed E-state index contributed by atoms with van der Waals surface area (Å²) in [4.78, 5) is 12.5. The molecule has 2 aromatic rings. The van der Waals surface area contributed by atoms with Gasteiger partial charge in [0.15, 0.2) is 5.16 Å². The summed E-state index contributed by atoms with van der Waals surface area (Å²) in [6, 6.07) is 5.81. The van der Waals surface area contributed by atoms with E-state index in [4.69, 9.17) is 5.73 Å². The maximum Gasteiger partial charge on any atom is 0.189 e. The fourth-order valence-corrected chi connectivity index (χ4v) is 2.34. The number of nitrogens with zero attached hydrogens (tertiary/aromatic N) is 3. The highest BCUT2D eigenvalue weighted by atomic mass is 32.2. The van der Waals surface area contributed by atoms with E-state index in [0.29, 0.717) is 5.82 Å². The molecule has 0 bridgehead atoms. The molecule has 88 valence electrons. The van der Waals surface area contributed by atoms with Crippen LogP contribution in [0.4, 0.5) is 5.82 Å². The van der Waals surface area contributed by atoms with E-state index in [9.17, 15) is 0 Å². The number of anilines is 1. The number of nitrogen functional groups attached to an aromatic ring is 1. The van der Waals surface area contributed by atoms with E-state index in [-0.39, 0.29) is 0 Å². The third-order valence-corrected chi connectivity index (χ3v) is 3.07. The Bertz CT molecular complexity index is 467. The van der Waals surface area contributed by atoms with Crippen molar-refractivity contribution in [2.75, 3.05) is 11.5 Å². The number of thioether (sulfide) groups is 1. The lowest BCUT2D eigenvalue weighted by Crippen LogP contribution is -1.97. The lowest BCUT2D eigenvalue weighted by atomic mass is 10.2. The fraction of sp³-hybridized carbons (Fsp3) is 0.250. The van der Waals surface area contributed by atoms with Crippen LogP contribution in [0, 0.1) is 6.92 Å². The Morgan fingerprint density at radius 2 is 2.00 bits per heavy atom. The topological polar surface area (TPSA) is 64.7 Å². The molecule has 2 aromatic heterocycles. The molecule has 0 saturated heterocycles. The molecule has 2 heterocycles. The first-order chi connectivity index (χ1) is 8.24. The zero-order valence-corrected chi connectivity index (χ0v) is 10.4. The van der Waals surface area contributed by atoms with Gasteiger partial charge >= 0.3 is 0 Å². The van der Waals surface area contributed by atoms with Gasteiger partial charge in [-0.3, -0.25) is 4.98 Å². The third-order valence-electron chi connectivity index (χ3n) is 2.22. The van der Waals surface area contributed by atoms with Gasteiger partial charge in [-0.05, 0) is 31.0 Å². The Morgan fingerprint density at radius 1 is 1.24 bits per heavy atom. The second kappa shape index (κ2) is 5.63. The van der Waals surface area contributed by atoms with Gasteiger partial charge in [0.2, 0.25) is 0 Å². The van der Waals surface area contributed by atoms with Crippen molar-refractivity contribution in [3.63, 3.8) is 0 Å². The minimum Gasteiger partial charge on any atom is -0.384 e. The van der Waals surface area contributed by atoms with Gasteiger partial charge in [-0.2, -0.15) is 0 Å². The van der Waals surface area contributed by atoms with Crippen molar-refractivity contribution in [2.45, 2.75) is 18.5 Å². The predicted octanol–water partition coefficient (Wildman–Crippen LogP) is 2.10. The smallest absolute Gasteiger partial charge is 0.189 e. The van der Waals surface area contributed by atoms with Crippen molar-refractivity contribution in [1.29, 1.82) is 0 Å². The van der Waals surface area contributed by atoms with Crippen molar-refractivity contribution in [3.05, 3.63) is 41.9 Å². The molecule has 0 aliphatic heterocycles. The van der Waals surface area contributed by atoms with Crippen LogP contribution in [-0.2, 0) is 6.42 Å². The lowest BCUT2D eigenvalue weighted by molar-refractivity contribution is 0.938. The Morgan fingerprint density at radius 3 is 2.71 bits per heavy atom. The Kier molecular flexibility index (Phi) is 3.93. The molecule has 4 nitrogen and oxygen atoms in total. The number of hydrogen-bond acceptors (Lipinski definition) is 5. The zero-order chi connectivity index (χ0) is 12.1. The molecule has 0 radical (unpaired) electrons. The summed E-state index contributed by atoms with van der Waals surface area (Å²) in [7, 11) is 0. The Labute approximate surface area is 105 Å². The Hall–Kier alpha value is -1.62. The van der Waals surface area contributed by atoms with Crippen LogP contribution in [0.2, 0.25) is 0 Å². The summed E-state index contributed by atoms with van der Waals surface area (Å²) < 4.78 is 0. The second-order valence-corrected chi connectivity index (χ2v) is 4.73. The van der Waals surface area contributed by atoms with Crippen molar-refractivity contribution < 1.29 is 0 Å². The summed E-state index contributed by atoms with van der Waals surface area (Å²) >= 11 is 1.62. The van der Waals surface area contributed by atoms with Crippen molar-refractivity contribution in [3.8, 4) is 0 Å². The summed E-state index contributed by atoms with van der Waals surface area (Å²) in [6.45, 7) is 1.92. The molecule has 0 amide bonds. The monoisotopic (exact) mass is 246 g/mol. The first-order valence-corrected chi connectivity index (χ1v) is 6.35. The van der Waals surface area contributed by atoms with Crippen LogP contribution in [0.25, 0.3) is 0 Å². The highest BCUT2D eigenvalue weighted by molar-refractivity contribution is 7.99. The second-order valence-electron chi connectivity index (χ2n) is 3.67. The van der Waals surface area contributed by atoms with Gasteiger partial charge in [-0.25, -0.2) is 9.97 Å². The van der Waals surface area contributed by atoms with Crippen LogP contribution >= 0.6 is 11.8 Å².